The largest absolute Gasteiger partial charge is 0.487 e. The predicted octanol–water partition coefficient (Wildman–Crippen LogP) is 6.56. The number of unbranched alkanes of at least 4 members (excludes halogenated alkanes) is 1. The van der Waals surface area contributed by atoms with Crippen LogP contribution in [0.15, 0.2) is 71.6 Å². The van der Waals surface area contributed by atoms with Crippen LogP contribution in [0.5, 0.6) is 5.75 Å². The van der Waals surface area contributed by atoms with Crippen LogP contribution >= 0.6 is 0 Å². The lowest BCUT2D eigenvalue weighted by Crippen LogP contribution is -2.20. The molecule has 2 aromatic heterocycles. The smallest absolute Gasteiger partial charge is 0.416 e. The van der Waals surface area contributed by atoms with E-state index in [1.807, 2.05) is 30.5 Å². The standard InChI is InChI=1S/C30H31F3N4O4/c1-34-29(38)39-19-15-27-35-16-18-37(27)17-3-2-4-22-7-12-26(13-8-22)40-20-25-21-41-28(36-25)14-9-23-5-10-24(11-6-23)30(31,32)33/h5-14,16,18,21H,2-4,15,17,19-20H2,1H3,(H,34,38)/b14-9+. The Kier molecular flexibility index (Phi) is 10.2. The number of alkyl carbamates (subject to hydrolysis) is 1. The van der Waals surface area contributed by atoms with Crippen molar-refractivity contribution in [3.63, 3.8) is 0 Å². The van der Waals surface area contributed by atoms with E-state index in [2.05, 4.69) is 19.9 Å². The van der Waals surface area contributed by atoms with Crippen LogP contribution in [-0.4, -0.2) is 34.3 Å². The summed E-state index contributed by atoms with van der Waals surface area (Å²) in [5.41, 5.74) is 1.71. The summed E-state index contributed by atoms with van der Waals surface area (Å²) in [4.78, 5) is 19.9. The number of rotatable bonds is 13. The summed E-state index contributed by atoms with van der Waals surface area (Å²) in [6, 6.07) is 12.8. The molecule has 1 N–H and O–H groups in total. The lowest BCUT2D eigenvalue weighted by atomic mass is 10.1. The van der Waals surface area contributed by atoms with Crippen molar-refractivity contribution in [1.82, 2.24) is 19.9 Å². The normalized spacial score (nSPS) is 11.6. The molecule has 0 saturated heterocycles. The van der Waals surface area contributed by atoms with Gasteiger partial charge in [-0.3, -0.25) is 0 Å². The van der Waals surface area contributed by atoms with Gasteiger partial charge in [-0.15, -0.1) is 0 Å². The van der Waals surface area contributed by atoms with Crippen LogP contribution in [0, 0.1) is 0 Å². The van der Waals surface area contributed by atoms with Gasteiger partial charge in [-0.1, -0.05) is 24.3 Å². The average molecular weight is 569 g/mol. The van der Waals surface area contributed by atoms with Crippen molar-refractivity contribution in [2.45, 2.75) is 45.0 Å². The number of hydrogen-bond donors (Lipinski definition) is 1. The molecule has 0 aliphatic carbocycles. The second-order valence-corrected chi connectivity index (χ2v) is 9.19. The number of carbonyl (C=O) groups is 1. The van der Waals surface area contributed by atoms with Crippen molar-refractivity contribution in [3.8, 4) is 5.75 Å². The number of ether oxygens (including phenoxy) is 2. The number of aryl methyl sites for hydroxylation is 2. The summed E-state index contributed by atoms with van der Waals surface area (Å²) in [5, 5.41) is 2.42. The molecule has 41 heavy (non-hydrogen) atoms. The zero-order chi connectivity index (χ0) is 29.1. The molecule has 0 spiro atoms. The highest BCUT2D eigenvalue weighted by molar-refractivity contribution is 5.66. The number of carbonyl (C=O) groups excluding carboxylic acids is 1. The van der Waals surface area contributed by atoms with Crippen LogP contribution in [0.2, 0.25) is 0 Å². The number of amides is 1. The zero-order valence-electron chi connectivity index (χ0n) is 22.6. The third kappa shape index (κ3) is 9.26. The third-order valence-electron chi connectivity index (χ3n) is 6.22. The number of imidazole rings is 1. The van der Waals surface area contributed by atoms with E-state index in [4.69, 9.17) is 13.9 Å². The van der Waals surface area contributed by atoms with Gasteiger partial charge >= 0.3 is 12.3 Å². The number of aromatic nitrogens is 3. The number of alkyl halides is 3. The topological polar surface area (TPSA) is 91.4 Å². The fourth-order valence-electron chi connectivity index (χ4n) is 4.02. The average Bonchev–Trinajstić information content (AvgIpc) is 3.62. The van der Waals surface area contributed by atoms with Gasteiger partial charge in [0, 0.05) is 38.5 Å². The molecule has 0 fully saturated rings. The van der Waals surface area contributed by atoms with Crippen molar-refractivity contribution >= 4 is 18.2 Å². The van der Waals surface area contributed by atoms with Crippen LogP contribution in [0.4, 0.5) is 18.0 Å². The maximum Gasteiger partial charge on any atom is 0.416 e. The Labute approximate surface area is 235 Å². The minimum absolute atomic E-state index is 0.221. The molecule has 4 rings (SSSR count). The molecule has 2 heterocycles. The van der Waals surface area contributed by atoms with Crippen LogP contribution in [0.25, 0.3) is 12.2 Å². The summed E-state index contributed by atoms with van der Waals surface area (Å²) in [6.07, 6.45) is 7.10. The summed E-state index contributed by atoms with van der Waals surface area (Å²) in [5.74, 6) is 1.93. The number of hydrogen-bond acceptors (Lipinski definition) is 6. The zero-order valence-corrected chi connectivity index (χ0v) is 22.6. The molecule has 0 bridgehead atoms. The maximum atomic E-state index is 12.7. The molecule has 0 aliphatic heterocycles. The monoisotopic (exact) mass is 568 g/mol. The van der Waals surface area contributed by atoms with Crippen molar-refractivity contribution in [2.24, 2.45) is 0 Å². The van der Waals surface area contributed by atoms with Crippen LogP contribution < -0.4 is 10.1 Å². The first-order valence-corrected chi connectivity index (χ1v) is 13.2. The predicted molar refractivity (Wildman–Crippen MR) is 147 cm³/mol. The van der Waals surface area contributed by atoms with Gasteiger partial charge in [-0.05, 0) is 60.7 Å². The molecule has 4 aromatic rings. The van der Waals surface area contributed by atoms with E-state index in [0.29, 0.717) is 29.3 Å². The SMILES string of the molecule is CNC(=O)OCCc1nccn1CCCCc1ccc(OCc2coc(/C=C/c3ccc(C(F)(F)F)cc3)n2)cc1. The number of nitrogens with zero attached hydrogens (tertiary/aromatic N) is 3. The minimum Gasteiger partial charge on any atom is -0.487 e. The number of benzene rings is 2. The van der Waals surface area contributed by atoms with E-state index < -0.39 is 17.8 Å². The fraction of sp³-hybridized carbons (Fsp3) is 0.300. The summed E-state index contributed by atoms with van der Waals surface area (Å²) in [7, 11) is 1.53. The van der Waals surface area contributed by atoms with Gasteiger partial charge in [0.25, 0.3) is 0 Å². The number of nitrogens with one attached hydrogen (secondary N) is 1. The third-order valence-corrected chi connectivity index (χ3v) is 6.22. The minimum atomic E-state index is -4.36. The van der Waals surface area contributed by atoms with Crippen molar-refractivity contribution < 1.29 is 31.9 Å². The Morgan fingerprint density at radius 1 is 1.05 bits per heavy atom. The van der Waals surface area contributed by atoms with Gasteiger partial charge < -0.3 is 23.8 Å². The molecule has 0 saturated carbocycles. The van der Waals surface area contributed by atoms with Gasteiger partial charge in [0.15, 0.2) is 0 Å². The maximum absolute atomic E-state index is 12.7. The Morgan fingerprint density at radius 2 is 1.83 bits per heavy atom. The molecule has 0 radical (unpaired) electrons. The molecule has 2 aromatic carbocycles. The van der Waals surface area contributed by atoms with E-state index >= 15 is 0 Å². The van der Waals surface area contributed by atoms with E-state index in [9.17, 15) is 18.0 Å². The van der Waals surface area contributed by atoms with E-state index in [-0.39, 0.29) is 13.2 Å². The highest BCUT2D eigenvalue weighted by atomic mass is 19.4. The number of oxazole rings is 1. The Bertz CT molecular complexity index is 1410. The van der Waals surface area contributed by atoms with E-state index in [0.717, 1.165) is 43.8 Å². The van der Waals surface area contributed by atoms with Crippen LogP contribution in [-0.2, 0) is 36.9 Å². The molecule has 0 unspecified atom stereocenters. The van der Waals surface area contributed by atoms with Crippen molar-refractivity contribution in [3.05, 3.63) is 101 Å². The Morgan fingerprint density at radius 3 is 2.56 bits per heavy atom. The molecule has 8 nitrogen and oxygen atoms in total. The van der Waals surface area contributed by atoms with Crippen LogP contribution in [0.3, 0.4) is 0 Å². The molecule has 0 aliphatic rings. The molecular weight excluding hydrogens is 537 g/mol. The molecule has 11 heteroatoms. The second kappa shape index (κ2) is 14.2. The summed E-state index contributed by atoms with van der Waals surface area (Å²) in [6.45, 7) is 1.35. The van der Waals surface area contributed by atoms with Crippen molar-refractivity contribution in [1.29, 1.82) is 0 Å². The molecule has 216 valence electrons. The quantitative estimate of drug-likeness (QED) is 0.184. The lowest BCUT2D eigenvalue weighted by Gasteiger charge is -2.09. The first-order valence-electron chi connectivity index (χ1n) is 13.2. The van der Waals surface area contributed by atoms with Gasteiger partial charge in [0.05, 0.1) is 5.56 Å². The van der Waals surface area contributed by atoms with Gasteiger partial charge in [0.2, 0.25) is 5.89 Å². The summed E-state index contributed by atoms with van der Waals surface area (Å²) < 4.78 is 56.4. The van der Waals surface area contributed by atoms with Gasteiger partial charge in [-0.25, -0.2) is 14.8 Å². The molecular formula is C30H31F3N4O4. The Balaban J connectivity index is 1.16. The number of halogens is 3. The highest BCUT2D eigenvalue weighted by Crippen LogP contribution is 2.29. The molecule has 1 amide bonds. The van der Waals surface area contributed by atoms with E-state index in [1.165, 1.54) is 31.0 Å². The fourth-order valence-corrected chi connectivity index (χ4v) is 4.02. The van der Waals surface area contributed by atoms with E-state index in [1.54, 1.807) is 18.3 Å². The molecule has 0 atom stereocenters. The first kappa shape index (κ1) is 29.4. The summed E-state index contributed by atoms with van der Waals surface area (Å²) >= 11 is 0. The van der Waals surface area contributed by atoms with Gasteiger partial charge in [-0.2, -0.15) is 13.2 Å². The highest BCUT2D eigenvalue weighted by Gasteiger charge is 2.29. The van der Waals surface area contributed by atoms with Gasteiger partial charge in [0.1, 0.15) is 36.7 Å². The second-order valence-electron chi connectivity index (χ2n) is 9.19. The Hall–Kier alpha value is -4.54. The lowest BCUT2D eigenvalue weighted by molar-refractivity contribution is -0.137. The van der Waals surface area contributed by atoms with Crippen LogP contribution in [0.1, 0.15) is 46.9 Å². The first-order chi connectivity index (χ1) is 19.8. The van der Waals surface area contributed by atoms with Crippen molar-refractivity contribution in [2.75, 3.05) is 13.7 Å².